The highest BCUT2D eigenvalue weighted by atomic mass is 16.5. The molecule has 0 aliphatic rings. The van der Waals surface area contributed by atoms with Crippen molar-refractivity contribution in [2.24, 2.45) is 0 Å². The normalized spacial score (nSPS) is 10.4. The van der Waals surface area contributed by atoms with Gasteiger partial charge in [0.15, 0.2) is 0 Å². The first kappa shape index (κ1) is 14.6. The standard InChI is InChI=1S/C15H22O3/c1-10-9-11(2)13(15(18-4)12(10)3)7-5-6-8-14(16)17/h9H,5-8H2,1-4H3,(H,16,17). The second kappa shape index (κ2) is 6.43. The molecule has 3 nitrogen and oxygen atoms in total. The molecule has 3 heteroatoms. The van der Waals surface area contributed by atoms with Crippen molar-refractivity contribution in [1.29, 1.82) is 0 Å². The first-order chi connectivity index (χ1) is 8.47. The minimum absolute atomic E-state index is 0.242. The van der Waals surface area contributed by atoms with Gasteiger partial charge in [0.05, 0.1) is 7.11 Å². The van der Waals surface area contributed by atoms with Crippen LogP contribution in [0.2, 0.25) is 0 Å². The summed E-state index contributed by atoms with van der Waals surface area (Å²) in [6.45, 7) is 6.23. The van der Waals surface area contributed by atoms with Gasteiger partial charge in [-0.05, 0) is 62.3 Å². The van der Waals surface area contributed by atoms with Crippen LogP contribution in [0.15, 0.2) is 6.07 Å². The molecule has 0 spiro atoms. The lowest BCUT2D eigenvalue weighted by atomic mass is 9.95. The molecule has 0 bridgehead atoms. The number of carboxylic acid groups (broad SMARTS) is 1. The molecule has 0 atom stereocenters. The van der Waals surface area contributed by atoms with Crippen molar-refractivity contribution >= 4 is 5.97 Å². The number of rotatable bonds is 6. The van der Waals surface area contributed by atoms with Crippen LogP contribution < -0.4 is 4.74 Å². The lowest BCUT2D eigenvalue weighted by Gasteiger charge is -2.16. The van der Waals surface area contributed by atoms with Gasteiger partial charge in [-0.25, -0.2) is 0 Å². The summed E-state index contributed by atoms with van der Waals surface area (Å²) < 4.78 is 5.50. The fourth-order valence-corrected chi connectivity index (χ4v) is 2.27. The summed E-state index contributed by atoms with van der Waals surface area (Å²) in [5, 5.41) is 8.62. The molecule has 100 valence electrons. The van der Waals surface area contributed by atoms with E-state index in [-0.39, 0.29) is 6.42 Å². The molecule has 1 rings (SSSR count). The molecule has 1 N–H and O–H groups in total. The largest absolute Gasteiger partial charge is 0.496 e. The van der Waals surface area contributed by atoms with Gasteiger partial charge in [-0.2, -0.15) is 0 Å². The highest BCUT2D eigenvalue weighted by Crippen LogP contribution is 2.30. The number of aryl methyl sites for hydroxylation is 2. The van der Waals surface area contributed by atoms with Crippen molar-refractivity contribution in [3.8, 4) is 5.75 Å². The van der Waals surface area contributed by atoms with E-state index in [0.29, 0.717) is 6.42 Å². The van der Waals surface area contributed by atoms with Gasteiger partial charge < -0.3 is 9.84 Å². The summed E-state index contributed by atoms with van der Waals surface area (Å²) in [6.07, 6.45) is 2.71. The number of carbonyl (C=O) groups is 1. The molecule has 0 amide bonds. The molecular formula is C15H22O3. The summed E-state index contributed by atoms with van der Waals surface area (Å²) in [7, 11) is 1.70. The van der Waals surface area contributed by atoms with Gasteiger partial charge >= 0.3 is 5.97 Å². The Hall–Kier alpha value is -1.51. The molecule has 18 heavy (non-hydrogen) atoms. The highest BCUT2D eigenvalue weighted by Gasteiger charge is 2.12. The molecule has 0 unspecified atom stereocenters. The first-order valence-electron chi connectivity index (χ1n) is 6.32. The van der Waals surface area contributed by atoms with Crippen LogP contribution in [0, 0.1) is 20.8 Å². The van der Waals surface area contributed by atoms with Gasteiger partial charge in [-0.3, -0.25) is 4.79 Å². The van der Waals surface area contributed by atoms with Crippen molar-refractivity contribution in [3.63, 3.8) is 0 Å². The van der Waals surface area contributed by atoms with E-state index in [2.05, 4.69) is 26.8 Å². The van der Waals surface area contributed by atoms with Crippen LogP contribution in [0.25, 0.3) is 0 Å². The second-order valence-electron chi connectivity index (χ2n) is 4.75. The zero-order chi connectivity index (χ0) is 13.7. The predicted octanol–water partition coefficient (Wildman–Crippen LogP) is 3.42. The van der Waals surface area contributed by atoms with Gasteiger partial charge in [0.2, 0.25) is 0 Å². The average molecular weight is 250 g/mol. The molecule has 1 aromatic rings. The minimum Gasteiger partial charge on any atom is -0.496 e. The Morgan fingerprint density at radius 2 is 1.89 bits per heavy atom. The van der Waals surface area contributed by atoms with E-state index in [9.17, 15) is 4.79 Å². The van der Waals surface area contributed by atoms with E-state index in [1.165, 1.54) is 22.3 Å². The summed E-state index contributed by atoms with van der Waals surface area (Å²) in [5.74, 6) is 0.238. The Bertz CT molecular complexity index is 436. The van der Waals surface area contributed by atoms with E-state index in [0.717, 1.165) is 18.6 Å². The summed E-state index contributed by atoms with van der Waals surface area (Å²) in [5.41, 5.74) is 4.85. The fourth-order valence-electron chi connectivity index (χ4n) is 2.27. The van der Waals surface area contributed by atoms with Gasteiger partial charge in [0, 0.05) is 6.42 Å². The number of carboxylic acids is 1. The lowest BCUT2D eigenvalue weighted by Crippen LogP contribution is -2.01. The maximum atomic E-state index is 10.5. The molecule has 0 fully saturated rings. The van der Waals surface area contributed by atoms with Crippen LogP contribution in [-0.4, -0.2) is 18.2 Å². The van der Waals surface area contributed by atoms with Crippen LogP contribution in [0.5, 0.6) is 5.75 Å². The summed E-state index contributed by atoms with van der Waals surface area (Å²) >= 11 is 0. The van der Waals surface area contributed by atoms with Crippen LogP contribution >= 0.6 is 0 Å². The number of hydrogen-bond acceptors (Lipinski definition) is 2. The molecular weight excluding hydrogens is 228 g/mol. The molecule has 0 saturated carbocycles. The van der Waals surface area contributed by atoms with Crippen LogP contribution in [0.4, 0.5) is 0 Å². The molecule has 0 saturated heterocycles. The lowest BCUT2D eigenvalue weighted by molar-refractivity contribution is -0.137. The second-order valence-corrected chi connectivity index (χ2v) is 4.75. The molecule has 0 aromatic heterocycles. The fraction of sp³-hybridized carbons (Fsp3) is 0.533. The smallest absolute Gasteiger partial charge is 0.303 e. The maximum absolute atomic E-state index is 10.5. The van der Waals surface area contributed by atoms with Crippen LogP contribution in [0.1, 0.15) is 41.5 Å². The molecule has 1 aromatic carbocycles. The number of benzene rings is 1. The predicted molar refractivity (Wildman–Crippen MR) is 72.4 cm³/mol. The molecule has 0 radical (unpaired) electrons. The Labute approximate surface area is 109 Å². The van der Waals surface area contributed by atoms with E-state index in [1.54, 1.807) is 7.11 Å². The Kier molecular flexibility index (Phi) is 5.20. The minimum atomic E-state index is -0.723. The average Bonchev–Trinajstić information content (AvgIpc) is 2.30. The quantitative estimate of drug-likeness (QED) is 0.787. The van der Waals surface area contributed by atoms with E-state index >= 15 is 0 Å². The zero-order valence-electron chi connectivity index (χ0n) is 11.7. The van der Waals surface area contributed by atoms with E-state index < -0.39 is 5.97 Å². The monoisotopic (exact) mass is 250 g/mol. The summed E-state index contributed by atoms with van der Waals surface area (Å²) in [6, 6.07) is 2.17. The van der Waals surface area contributed by atoms with Gasteiger partial charge in [0.25, 0.3) is 0 Å². The molecule has 0 heterocycles. The van der Waals surface area contributed by atoms with Crippen molar-refractivity contribution in [2.45, 2.75) is 46.5 Å². The van der Waals surface area contributed by atoms with Gasteiger partial charge in [-0.1, -0.05) is 6.07 Å². The molecule has 0 aliphatic heterocycles. The van der Waals surface area contributed by atoms with Crippen molar-refractivity contribution < 1.29 is 14.6 Å². The number of methoxy groups -OCH3 is 1. The van der Waals surface area contributed by atoms with Crippen LogP contribution in [-0.2, 0) is 11.2 Å². The molecule has 0 aliphatic carbocycles. The van der Waals surface area contributed by atoms with E-state index in [4.69, 9.17) is 9.84 Å². The number of hydrogen-bond donors (Lipinski definition) is 1. The summed E-state index contributed by atoms with van der Waals surface area (Å²) in [4.78, 5) is 10.5. The Balaban J connectivity index is 2.81. The van der Waals surface area contributed by atoms with Crippen molar-refractivity contribution in [2.75, 3.05) is 7.11 Å². The Morgan fingerprint density at radius 1 is 1.22 bits per heavy atom. The van der Waals surface area contributed by atoms with Crippen molar-refractivity contribution in [1.82, 2.24) is 0 Å². The first-order valence-corrected chi connectivity index (χ1v) is 6.32. The third kappa shape index (κ3) is 3.49. The topological polar surface area (TPSA) is 46.5 Å². The number of unbranched alkanes of at least 4 members (excludes halogenated alkanes) is 1. The van der Waals surface area contributed by atoms with Gasteiger partial charge in [-0.15, -0.1) is 0 Å². The Morgan fingerprint density at radius 3 is 2.44 bits per heavy atom. The number of aliphatic carboxylic acids is 1. The zero-order valence-corrected chi connectivity index (χ0v) is 11.7. The third-order valence-electron chi connectivity index (χ3n) is 3.39. The van der Waals surface area contributed by atoms with Crippen molar-refractivity contribution in [3.05, 3.63) is 28.3 Å². The van der Waals surface area contributed by atoms with Crippen LogP contribution in [0.3, 0.4) is 0 Å². The maximum Gasteiger partial charge on any atom is 0.303 e. The van der Waals surface area contributed by atoms with E-state index in [1.807, 2.05) is 0 Å². The highest BCUT2D eigenvalue weighted by molar-refractivity contribution is 5.66. The third-order valence-corrected chi connectivity index (χ3v) is 3.39. The number of ether oxygens (including phenoxy) is 1. The van der Waals surface area contributed by atoms with Gasteiger partial charge in [0.1, 0.15) is 5.75 Å². The SMILES string of the molecule is COc1c(C)c(C)cc(C)c1CCCCC(=O)O.